The number of nitrogens with two attached hydrogens (primary N) is 1. The highest BCUT2D eigenvalue weighted by Gasteiger charge is 2.49. The third-order valence-corrected chi connectivity index (χ3v) is 15.2. The van der Waals surface area contributed by atoms with Gasteiger partial charge in [0.1, 0.15) is 17.5 Å². The normalized spacial score (nSPS) is 18.0. The zero-order valence-corrected chi connectivity index (χ0v) is 43.9. The first-order valence-corrected chi connectivity index (χ1v) is 26.4. The van der Waals surface area contributed by atoms with Crippen LogP contribution in [0.25, 0.3) is 22.3 Å². The molecule has 77 heavy (non-hydrogen) atoms. The molecule has 0 saturated carbocycles. The molecule has 4 amide bonds. The molecule has 6 rings (SSSR count). The van der Waals surface area contributed by atoms with E-state index in [0.29, 0.717) is 49.9 Å². The third-order valence-electron chi connectivity index (χ3n) is 15.2. The summed E-state index contributed by atoms with van der Waals surface area (Å²) < 4.78 is 92.3. The van der Waals surface area contributed by atoms with Gasteiger partial charge >= 0.3 is 18.2 Å². The van der Waals surface area contributed by atoms with Crippen LogP contribution in [0.15, 0.2) is 78.9 Å². The third kappa shape index (κ3) is 14.4. The number of hydrogen-bond acceptors (Lipinski definition) is 9. The van der Waals surface area contributed by atoms with Crippen LogP contribution in [-0.2, 0) is 32.0 Å². The molecule has 20 heteroatoms. The van der Waals surface area contributed by atoms with Crippen molar-refractivity contribution in [2.75, 3.05) is 59.4 Å². The summed E-state index contributed by atoms with van der Waals surface area (Å²) >= 11 is 0. The van der Waals surface area contributed by atoms with E-state index in [2.05, 4.69) is 5.32 Å². The van der Waals surface area contributed by atoms with Crippen molar-refractivity contribution in [1.29, 1.82) is 0 Å². The van der Waals surface area contributed by atoms with E-state index < -0.39 is 109 Å². The Kier molecular flexibility index (Phi) is 20.7. The van der Waals surface area contributed by atoms with Crippen molar-refractivity contribution >= 4 is 23.8 Å². The predicted molar refractivity (Wildman–Crippen MR) is 278 cm³/mol. The van der Waals surface area contributed by atoms with E-state index in [9.17, 15) is 52.8 Å². The maximum Gasteiger partial charge on any atom is 0.473 e. The van der Waals surface area contributed by atoms with Crippen molar-refractivity contribution in [1.82, 2.24) is 25.1 Å². The molecule has 14 nitrogen and oxygen atoms in total. The lowest BCUT2D eigenvalue weighted by molar-refractivity contribution is -0.199. The molecular formula is C57H72F6N6O8. The Labute approximate surface area is 445 Å². The van der Waals surface area contributed by atoms with Gasteiger partial charge < -0.3 is 41.3 Å². The Bertz CT molecular complexity index is 2700. The van der Waals surface area contributed by atoms with E-state index in [0.717, 1.165) is 17.7 Å². The van der Waals surface area contributed by atoms with Gasteiger partial charge in [-0.25, -0.2) is 28.0 Å². The summed E-state index contributed by atoms with van der Waals surface area (Å²) in [6.45, 7) is 2.59. The monoisotopic (exact) mass is 1080 g/mol. The number of hydrazine groups is 1. The van der Waals surface area contributed by atoms with Crippen molar-refractivity contribution in [2.24, 2.45) is 17.6 Å². The van der Waals surface area contributed by atoms with Gasteiger partial charge in [0, 0.05) is 80.8 Å². The van der Waals surface area contributed by atoms with Crippen LogP contribution < -0.4 is 11.1 Å². The Morgan fingerprint density at radius 2 is 1.31 bits per heavy atom. The van der Waals surface area contributed by atoms with E-state index in [1.165, 1.54) is 47.4 Å². The lowest BCUT2D eigenvalue weighted by Gasteiger charge is -2.44. The van der Waals surface area contributed by atoms with E-state index in [-0.39, 0.29) is 95.6 Å². The van der Waals surface area contributed by atoms with Gasteiger partial charge in [-0.2, -0.15) is 13.2 Å². The Balaban J connectivity index is 1.36. The summed E-state index contributed by atoms with van der Waals surface area (Å²) in [5.74, 6) is -7.43. The van der Waals surface area contributed by atoms with Crippen LogP contribution in [-0.4, -0.2) is 136 Å². The molecule has 2 heterocycles. The second-order valence-electron chi connectivity index (χ2n) is 20.4. The summed E-state index contributed by atoms with van der Waals surface area (Å²) in [5, 5.41) is 50.4. The first-order valence-electron chi connectivity index (χ1n) is 26.4. The number of carboxylic acid groups (broad SMARTS) is 1. The van der Waals surface area contributed by atoms with Crippen molar-refractivity contribution < 1.29 is 65.9 Å². The Morgan fingerprint density at radius 1 is 0.753 bits per heavy atom. The zero-order valence-electron chi connectivity index (χ0n) is 43.9. The van der Waals surface area contributed by atoms with Gasteiger partial charge in [0.2, 0.25) is 11.8 Å². The van der Waals surface area contributed by atoms with Gasteiger partial charge in [-0.15, -0.1) is 0 Å². The largest absolute Gasteiger partial charge is 0.473 e. The van der Waals surface area contributed by atoms with Crippen LogP contribution >= 0.6 is 0 Å². The number of carbonyl (C=O) groups excluding carboxylic acids is 3. The molecule has 2 aliphatic rings. The molecule has 0 radical (unpaired) electrons. The predicted octanol–water partition coefficient (Wildman–Crippen LogP) is 8.42. The smallest absolute Gasteiger partial charge is 0.464 e. The van der Waals surface area contributed by atoms with Crippen LogP contribution in [0.3, 0.4) is 0 Å². The SMILES string of the molecule is CCc1cccc(-c2c(F)cccc2C(O)(CCCN(C(=O)O)N(CCCC(O)(c2cccc(F)c2-c2cc(C)ccc2F)C2CCCN(C(=O)CCCNC)C2)C(=O)C(F)(F)F)C2CCCN(C(=O)CC(O)CN)C2)c1. The summed E-state index contributed by atoms with van der Waals surface area (Å²) in [5.41, 5.74) is 2.60. The van der Waals surface area contributed by atoms with Crippen molar-refractivity contribution in [3.8, 4) is 22.3 Å². The maximum atomic E-state index is 16.3. The quantitative estimate of drug-likeness (QED) is 0.0252. The van der Waals surface area contributed by atoms with Gasteiger partial charge in [-0.05, 0) is 131 Å². The van der Waals surface area contributed by atoms with Crippen molar-refractivity contribution in [3.63, 3.8) is 0 Å². The van der Waals surface area contributed by atoms with E-state index in [1.807, 2.05) is 13.0 Å². The fourth-order valence-electron chi connectivity index (χ4n) is 11.2. The number of carbonyl (C=O) groups is 4. The number of aliphatic hydroxyl groups excluding tert-OH is 1. The first-order chi connectivity index (χ1) is 36.6. The molecule has 5 unspecified atom stereocenters. The maximum absolute atomic E-state index is 16.3. The highest BCUT2D eigenvalue weighted by molar-refractivity contribution is 5.83. The first kappa shape index (κ1) is 60.2. The van der Waals surface area contributed by atoms with Crippen LogP contribution in [0, 0.1) is 36.2 Å². The average molecular weight is 1080 g/mol. The summed E-state index contributed by atoms with van der Waals surface area (Å²) in [7, 11) is 1.74. The molecule has 7 N–H and O–H groups in total. The Hall–Kier alpha value is -6.06. The van der Waals surface area contributed by atoms with Crippen LogP contribution in [0.4, 0.5) is 31.1 Å². The minimum Gasteiger partial charge on any atom is -0.464 e. The molecule has 420 valence electrons. The van der Waals surface area contributed by atoms with E-state index >= 15 is 13.2 Å². The summed E-state index contributed by atoms with van der Waals surface area (Å²) in [6.07, 6.45) is -8.40. The number of rotatable bonds is 22. The van der Waals surface area contributed by atoms with E-state index in [4.69, 9.17) is 5.73 Å². The second kappa shape index (κ2) is 26.5. The van der Waals surface area contributed by atoms with Crippen molar-refractivity contribution in [3.05, 3.63) is 119 Å². The topological polar surface area (TPSA) is 200 Å². The molecule has 2 aliphatic heterocycles. The Morgan fingerprint density at radius 3 is 1.87 bits per heavy atom. The molecule has 5 atom stereocenters. The molecule has 2 saturated heterocycles. The fourth-order valence-corrected chi connectivity index (χ4v) is 11.2. The number of amides is 4. The summed E-state index contributed by atoms with van der Waals surface area (Å²) in [6, 6.07) is 18.9. The van der Waals surface area contributed by atoms with E-state index in [1.54, 1.807) is 37.1 Å². The minimum atomic E-state index is -5.63. The van der Waals surface area contributed by atoms with Crippen LogP contribution in [0.2, 0.25) is 0 Å². The molecule has 0 aliphatic carbocycles. The number of benzene rings is 4. The molecular weight excluding hydrogens is 1010 g/mol. The number of likely N-dealkylation sites (tertiary alicyclic amines) is 2. The number of halogens is 6. The van der Waals surface area contributed by atoms with Gasteiger partial charge in [-0.3, -0.25) is 14.4 Å². The molecule has 4 aromatic carbocycles. The van der Waals surface area contributed by atoms with Gasteiger partial charge in [-0.1, -0.05) is 67.1 Å². The number of aliphatic hydroxyl groups is 3. The zero-order chi connectivity index (χ0) is 56.2. The van der Waals surface area contributed by atoms with Crippen molar-refractivity contribution in [2.45, 2.75) is 114 Å². The molecule has 2 fully saturated rings. The number of aryl methyl sites for hydroxylation is 2. The fraction of sp³-hybridized carbons (Fsp3) is 0.509. The van der Waals surface area contributed by atoms with Gasteiger partial charge in [0.15, 0.2) is 0 Å². The standard InChI is InChI=1S/C57H72F6N6O8/c1-4-38-13-5-14-39(32-38)51-44(17-6-19-47(51)59)55(76,41-16-10-28-67(36-41)50(72)33-42(70)34-64)25-12-30-69(54(74)75)68(53(73)57(61,62)63)29-11-24-56(77,40-15-9-27-66(35-40)49(71)21-8-26-65-3)45-18-7-20-48(60)52(45)43-31-37(2)22-23-46(43)58/h5-7,13-14,17-20,22-23,31-32,40-42,65,70,76-77H,4,8-12,15-16,21,24-30,33-36,64H2,1-3H3,(H,74,75). The van der Waals surface area contributed by atoms with Gasteiger partial charge in [0.25, 0.3) is 0 Å². The lowest BCUT2D eigenvalue weighted by atomic mass is 9.72. The molecule has 4 aromatic rings. The molecule has 0 spiro atoms. The highest BCUT2D eigenvalue weighted by atomic mass is 19.4. The highest BCUT2D eigenvalue weighted by Crippen LogP contribution is 2.47. The minimum absolute atomic E-state index is 0.000606. The van der Waals surface area contributed by atoms with Crippen LogP contribution in [0.1, 0.15) is 99.8 Å². The second-order valence-corrected chi connectivity index (χ2v) is 20.4. The molecule has 0 aromatic heterocycles. The average Bonchev–Trinajstić information content (AvgIpc) is 3.44. The number of hydrogen-bond donors (Lipinski definition) is 6. The summed E-state index contributed by atoms with van der Waals surface area (Å²) in [4.78, 5) is 56.6. The number of nitrogens with one attached hydrogen (secondary N) is 1. The van der Waals surface area contributed by atoms with Crippen LogP contribution in [0.5, 0.6) is 0 Å². The lowest BCUT2D eigenvalue weighted by Crippen LogP contribution is -2.55. The van der Waals surface area contributed by atoms with Gasteiger partial charge in [0.05, 0.1) is 23.7 Å². The number of piperidine rings is 2. The molecule has 0 bridgehead atoms. The number of alkyl halides is 3. The number of nitrogens with zero attached hydrogens (tertiary/aromatic N) is 4.